The fourth-order valence-corrected chi connectivity index (χ4v) is 2.30. The van der Waals surface area contributed by atoms with Crippen molar-refractivity contribution in [3.05, 3.63) is 41.2 Å². The molecule has 1 aromatic carbocycles. The minimum Gasteiger partial charge on any atom is -0.348 e. The molecule has 0 aliphatic rings. The molecule has 1 amide bonds. The Morgan fingerprint density at radius 2 is 1.88 bits per heavy atom. The zero-order chi connectivity index (χ0) is 18.1. The SMILES string of the molecule is CC(C)NC(=O)c1nnn(-c2cccc(C(F)(F)F)c2)c1C(C)C. The van der Waals surface area contributed by atoms with E-state index in [4.69, 9.17) is 0 Å². The van der Waals surface area contributed by atoms with E-state index < -0.39 is 17.6 Å². The second-order valence-corrected chi connectivity index (χ2v) is 6.07. The Balaban J connectivity index is 2.52. The molecule has 2 rings (SSSR count). The molecular formula is C16H19F3N4O. The molecule has 0 atom stereocenters. The summed E-state index contributed by atoms with van der Waals surface area (Å²) in [5, 5.41) is 10.5. The summed E-state index contributed by atoms with van der Waals surface area (Å²) < 4.78 is 40.0. The van der Waals surface area contributed by atoms with Crippen molar-refractivity contribution in [2.75, 3.05) is 0 Å². The van der Waals surface area contributed by atoms with Crippen molar-refractivity contribution in [3.63, 3.8) is 0 Å². The Kier molecular flexibility index (Phi) is 4.96. The maximum Gasteiger partial charge on any atom is 0.416 e. The predicted octanol–water partition coefficient (Wildman–Crippen LogP) is 3.55. The summed E-state index contributed by atoms with van der Waals surface area (Å²) in [4.78, 5) is 12.2. The third kappa shape index (κ3) is 3.74. The molecule has 8 heteroatoms. The summed E-state index contributed by atoms with van der Waals surface area (Å²) in [5.74, 6) is -0.547. The van der Waals surface area contributed by atoms with Crippen molar-refractivity contribution in [1.29, 1.82) is 0 Å². The van der Waals surface area contributed by atoms with Crippen molar-refractivity contribution in [2.24, 2.45) is 0 Å². The highest BCUT2D eigenvalue weighted by Crippen LogP contribution is 2.31. The number of hydrogen-bond donors (Lipinski definition) is 1. The molecule has 1 aromatic heterocycles. The quantitative estimate of drug-likeness (QED) is 0.926. The molecule has 2 aromatic rings. The molecule has 0 fully saturated rings. The van der Waals surface area contributed by atoms with E-state index in [2.05, 4.69) is 15.6 Å². The third-order valence-corrected chi connectivity index (χ3v) is 3.30. The number of carbonyl (C=O) groups is 1. The highest BCUT2D eigenvalue weighted by atomic mass is 19.4. The Morgan fingerprint density at radius 3 is 2.42 bits per heavy atom. The monoisotopic (exact) mass is 340 g/mol. The van der Waals surface area contributed by atoms with Gasteiger partial charge in [-0.15, -0.1) is 5.10 Å². The topological polar surface area (TPSA) is 59.8 Å². The lowest BCUT2D eigenvalue weighted by Gasteiger charge is -2.13. The van der Waals surface area contributed by atoms with Gasteiger partial charge in [0.2, 0.25) is 0 Å². The standard InChI is InChI=1S/C16H19F3N4O/c1-9(2)14-13(15(24)20-10(3)4)21-22-23(14)12-7-5-6-11(8-12)16(17,18)19/h5-10H,1-4H3,(H,20,24). The van der Waals surface area contributed by atoms with E-state index in [1.54, 1.807) is 0 Å². The maximum atomic E-state index is 12.9. The molecule has 0 bridgehead atoms. The normalized spacial score (nSPS) is 12.0. The summed E-state index contributed by atoms with van der Waals surface area (Å²) in [7, 11) is 0. The van der Waals surface area contributed by atoms with Gasteiger partial charge in [0.05, 0.1) is 16.9 Å². The molecule has 1 heterocycles. The van der Waals surface area contributed by atoms with Crippen LogP contribution in [0.4, 0.5) is 13.2 Å². The molecule has 0 saturated carbocycles. The van der Waals surface area contributed by atoms with Crippen molar-refractivity contribution >= 4 is 5.91 Å². The molecule has 1 N–H and O–H groups in total. The van der Waals surface area contributed by atoms with Crippen LogP contribution in [-0.4, -0.2) is 26.9 Å². The molecule has 0 radical (unpaired) electrons. The van der Waals surface area contributed by atoms with E-state index in [0.29, 0.717) is 5.69 Å². The van der Waals surface area contributed by atoms with Crippen molar-refractivity contribution in [2.45, 2.75) is 45.8 Å². The van der Waals surface area contributed by atoms with Crippen molar-refractivity contribution in [1.82, 2.24) is 20.3 Å². The van der Waals surface area contributed by atoms with E-state index in [1.807, 2.05) is 27.7 Å². The maximum absolute atomic E-state index is 12.9. The van der Waals surface area contributed by atoms with Gasteiger partial charge in [0.25, 0.3) is 5.91 Å². The van der Waals surface area contributed by atoms with Crippen LogP contribution in [-0.2, 0) is 6.18 Å². The second-order valence-electron chi connectivity index (χ2n) is 6.07. The Bertz CT molecular complexity index is 735. The van der Waals surface area contributed by atoms with Crippen LogP contribution in [0.1, 0.15) is 55.4 Å². The third-order valence-electron chi connectivity index (χ3n) is 3.30. The molecule has 0 spiro atoms. The first kappa shape index (κ1) is 18.0. The summed E-state index contributed by atoms with van der Waals surface area (Å²) in [6, 6.07) is 4.70. The minimum atomic E-state index is -4.45. The van der Waals surface area contributed by atoms with Gasteiger partial charge in [-0.2, -0.15) is 13.2 Å². The minimum absolute atomic E-state index is 0.0868. The molecular weight excluding hydrogens is 321 g/mol. The van der Waals surface area contributed by atoms with Crippen LogP contribution in [0, 0.1) is 0 Å². The lowest BCUT2D eigenvalue weighted by Crippen LogP contribution is -2.31. The Morgan fingerprint density at radius 1 is 1.21 bits per heavy atom. The summed E-state index contributed by atoms with van der Waals surface area (Å²) in [6.07, 6.45) is -4.45. The van der Waals surface area contributed by atoms with Gasteiger partial charge in [0.1, 0.15) is 0 Å². The first-order chi connectivity index (χ1) is 11.1. The summed E-state index contributed by atoms with van der Waals surface area (Å²) in [5.41, 5.74) is 0.0200. The molecule has 5 nitrogen and oxygen atoms in total. The van der Waals surface area contributed by atoms with Crippen molar-refractivity contribution in [3.8, 4) is 5.69 Å². The zero-order valence-corrected chi connectivity index (χ0v) is 13.8. The number of aromatic nitrogens is 3. The number of alkyl halides is 3. The largest absolute Gasteiger partial charge is 0.416 e. The molecule has 0 saturated heterocycles. The molecule has 0 aliphatic carbocycles. The molecule has 0 unspecified atom stereocenters. The lowest BCUT2D eigenvalue weighted by atomic mass is 10.1. The van der Waals surface area contributed by atoms with Gasteiger partial charge < -0.3 is 5.32 Å². The Labute approximate surface area is 137 Å². The van der Waals surface area contributed by atoms with Gasteiger partial charge >= 0.3 is 6.18 Å². The van der Waals surface area contributed by atoms with Gasteiger partial charge in [0, 0.05) is 6.04 Å². The van der Waals surface area contributed by atoms with Crippen LogP contribution in [0.2, 0.25) is 0 Å². The molecule has 24 heavy (non-hydrogen) atoms. The van der Waals surface area contributed by atoms with Gasteiger partial charge in [-0.1, -0.05) is 25.1 Å². The smallest absolute Gasteiger partial charge is 0.348 e. The number of benzene rings is 1. The van der Waals surface area contributed by atoms with E-state index in [0.717, 1.165) is 12.1 Å². The van der Waals surface area contributed by atoms with Crippen LogP contribution >= 0.6 is 0 Å². The molecule has 0 aliphatic heterocycles. The van der Waals surface area contributed by atoms with E-state index in [-0.39, 0.29) is 23.3 Å². The number of nitrogens with one attached hydrogen (secondary N) is 1. The van der Waals surface area contributed by atoms with Gasteiger partial charge in [-0.05, 0) is 38.0 Å². The summed E-state index contributed by atoms with van der Waals surface area (Å²) >= 11 is 0. The van der Waals surface area contributed by atoms with Crippen LogP contribution in [0.15, 0.2) is 24.3 Å². The highest BCUT2D eigenvalue weighted by molar-refractivity contribution is 5.93. The lowest BCUT2D eigenvalue weighted by molar-refractivity contribution is -0.137. The van der Waals surface area contributed by atoms with Crippen LogP contribution < -0.4 is 5.32 Å². The van der Waals surface area contributed by atoms with Gasteiger partial charge in [-0.3, -0.25) is 4.79 Å². The summed E-state index contributed by atoms with van der Waals surface area (Å²) in [6.45, 7) is 7.28. The number of hydrogen-bond acceptors (Lipinski definition) is 3. The van der Waals surface area contributed by atoms with E-state index >= 15 is 0 Å². The van der Waals surface area contributed by atoms with E-state index in [1.165, 1.54) is 16.8 Å². The number of amides is 1. The van der Waals surface area contributed by atoms with Crippen LogP contribution in [0.5, 0.6) is 0 Å². The van der Waals surface area contributed by atoms with Gasteiger partial charge in [-0.25, -0.2) is 4.68 Å². The van der Waals surface area contributed by atoms with Gasteiger partial charge in [0.15, 0.2) is 5.69 Å². The highest BCUT2D eigenvalue weighted by Gasteiger charge is 2.31. The number of nitrogens with zero attached hydrogens (tertiary/aromatic N) is 3. The fourth-order valence-electron chi connectivity index (χ4n) is 2.30. The van der Waals surface area contributed by atoms with Crippen LogP contribution in [0.25, 0.3) is 5.69 Å². The average molecular weight is 340 g/mol. The first-order valence-electron chi connectivity index (χ1n) is 7.55. The molecule has 130 valence electrons. The van der Waals surface area contributed by atoms with Crippen molar-refractivity contribution < 1.29 is 18.0 Å². The van der Waals surface area contributed by atoms with Crippen LogP contribution in [0.3, 0.4) is 0 Å². The number of carbonyl (C=O) groups excluding carboxylic acids is 1. The Hall–Kier alpha value is -2.38. The fraction of sp³-hybridized carbons (Fsp3) is 0.438. The zero-order valence-electron chi connectivity index (χ0n) is 13.8. The number of halogens is 3. The van der Waals surface area contributed by atoms with E-state index in [9.17, 15) is 18.0 Å². The predicted molar refractivity (Wildman–Crippen MR) is 83.1 cm³/mol. The number of rotatable bonds is 4. The average Bonchev–Trinajstić information content (AvgIpc) is 2.91. The second kappa shape index (κ2) is 6.62. The first-order valence-corrected chi connectivity index (χ1v) is 7.55.